The van der Waals surface area contributed by atoms with Gasteiger partial charge in [-0.3, -0.25) is 14.8 Å². The maximum atomic E-state index is 13.1. The van der Waals surface area contributed by atoms with Gasteiger partial charge in [-0.15, -0.1) is 0 Å². The molecule has 2 aromatic carbocycles. The van der Waals surface area contributed by atoms with E-state index < -0.39 is 9.84 Å². The third-order valence-electron chi connectivity index (χ3n) is 7.69. The lowest BCUT2D eigenvalue weighted by atomic mass is 9.99. The Morgan fingerprint density at radius 3 is 2.64 bits per heavy atom. The van der Waals surface area contributed by atoms with E-state index in [-0.39, 0.29) is 28.3 Å². The van der Waals surface area contributed by atoms with Crippen LogP contribution in [0.15, 0.2) is 78.2 Å². The normalized spacial score (nSPS) is 19.1. The van der Waals surface area contributed by atoms with Crippen LogP contribution in [0.2, 0.25) is 0 Å². The second-order valence-corrected chi connectivity index (χ2v) is 12.5. The summed E-state index contributed by atoms with van der Waals surface area (Å²) in [5.74, 6) is 0.139. The fourth-order valence-electron chi connectivity index (χ4n) is 5.40. The highest BCUT2D eigenvalue weighted by atomic mass is 32.2. The maximum absolute atomic E-state index is 13.1. The number of fused-ring (bicyclic) bond motifs is 1. The van der Waals surface area contributed by atoms with Crippen molar-refractivity contribution in [1.82, 2.24) is 20.3 Å². The molecular weight excluding hydrogens is 508 g/mol. The second kappa shape index (κ2) is 10.4. The van der Waals surface area contributed by atoms with Gasteiger partial charge in [0.25, 0.3) is 0 Å². The molecule has 39 heavy (non-hydrogen) atoms. The van der Waals surface area contributed by atoms with E-state index in [2.05, 4.69) is 32.4 Å². The molecule has 0 bridgehead atoms. The molecule has 0 saturated heterocycles. The monoisotopic (exact) mass is 538 g/mol. The Morgan fingerprint density at radius 1 is 1.03 bits per heavy atom. The molecule has 0 amide bonds. The third kappa shape index (κ3) is 5.53. The van der Waals surface area contributed by atoms with E-state index in [1.165, 1.54) is 6.20 Å². The summed E-state index contributed by atoms with van der Waals surface area (Å²) in [6.07, 6.45) is 11.0. The lowest BCUT2D eigenvalue weighted by molar-refractivity contribution is -0.119. The van der Waals surface area contributed by atoms with Gasteiger partial charge in [0.15, 0.2) is 9.84 Å². The number of rotatable bonds is 8. The molecular formula is C31H30N4O3S. The molecule has 1 saturated carbocycles. The summed E-state index contributed by atoms with van der Waals surface area (Å²) >= 11 is 0. The van der Waals surface area contributed by atoms with Crippen molar-refractivity contribution in [2.45, 2.75) is 42.8 Å². The molecule has 0 spiro atoms. The molecule has 8 heteroatoms. The van der Waals surface area contributed by atoms with Gasteiger partial charge < -0.3 is 5.32 Å². The van der Waals surface area contributed by atoms with Crippen LogP contribution in [0.1, 0.15) is 46.8 Å². The van der Waals surface area contributed by atoms with Crippen LogP contribution in [-0.2, 0) is 26.8 Å². The highest BCUT2D eigenvalue weighted by molar-refractivity contribution is 7.90. The number of pyridine rings is 1. The molecule has 0 radical (unpaired) electrons. The topological polar surface area (TPSA) is 102 Å². The number of benzene rings is 2. The molecule has 7 nitrogen and oxygen atoms in total. The first-order valence-electron chi connectivity index (χ1n) is 13.3. The van der Waals surface area contributed by atoms with Gasteiger partial charge in [0.05, 0.1) is 28.2 Å². The number of carbonyl (C=O) groups is 1. The lowest BCUT2D eigenvalue weighted by Gasteiger charge is -2.13. The molecule has 198 valence electrons. The minimum atomic E-state index is -3.58. The Labute approximate surface area is 228 Å². The van der Waals surface area contributed by atoms with E-state index in [9.17, 15) is 13.2 Å². The summed E-state index contributed by atoms with van der Waals surface area (Å²) in [7, 11) is -3.58. The number of aromatic nitrogens is 3. The molecule has 4 aromatic rings. The van der Waals surface area contributed by atoms with Gasteiger partial charge in [-0.1, -0.05) is 36.4 Å². The van der Waals surface area contributed by atoms with Crippen molar-refractivity contribution in [3.8, 4) is 0 Å². The smallest absolute Gasteiger partial charge is 0.184 e. The van der Waals surface area contributed by atoms with Crippen LogP contribution in [0.25, 0.3) is 16.3 Å². The number of nitrogens with zero attached hydrogens (tertiary/aromatic N) is 3. The summed E-state index contributed by atoms with van der Waals surface area (Å²) in [5.41, 5.74) is 5.38. The quantitative estimate of drug-likeness (QED) is 0.350. The zero-order valence-corrected chi connectivity index (χ0v) is 22.6. The predicted octanol–water partition coefficient (Wildman–Crippen LogP) is 4.60. The molecule has 1 aliphatic carbocycles. The second-order valence-electron chi connectivity index (χ2n) is 10.5. The van der Waals surface area contributed by atoms with Crippen LogP contribution in [-0.4, -0.2) is 42.2 Å². The zero-order chi connectivity index (χ0) is 27.0. The van der Waals surface area contributed by atoms with Crippen molar-refractivity contribution >= 4 is 32.0 Å². The first-order chi connectivity index (χ1) is 18.9. The minimum Gasteiger partial charge on any atom is -0.313 e. The molecule has 1 aliphatic heterocycles. The number of aryl methyl sites for hydroxylation is 1. The Balaban J connectivity index is 1.10. The highest BCUT2D eigenvalue weighted by Crippen LogP contribution is 2.48. The summed E-state index contributed by atoms with van der Waals surface area (Å²) in [6.45, 7) is 3.68. The van der Waals surface area contributed by atoms with E-state index in [1.807, 2.05) is 43.6 Å². The van der Waals surface area contributed by atoms with Crippen molar-refractivity contribution in [3.05, 3.63) is 101 Å². The Kier molecular flexibility index (Phi) is 6.83. The van der Waals surface area contributed by atoms with Gasteiger partial charge in [-0.25, -0.2) is 13.4 Å². The number of nitrogens with one attached hydrogen (secondary N) is 1. The number of hydrogen-bond donors (Lipinski definition) is 1. The molecule has 2 atom stereocenters. The predicted molar refractivity (Wildman–Crippen MR) is 151 cm³/mol. The molecule has 0 unspecified atom stereocenters. The lowest BCUT2D eigenvalue weighted by Crippen LogP contribution is -2.20. The fourth-order valence-corrected chi connectivity index (χ4v) is 6.65. The molecule has 2 aromatic heterocycles. The van der Waals surface area contributed by atoms with Crippen molar-refractivity contribution < 1.29 is 13.2 Å². The molecule has 6 rings (SSSR count). The Morgan fingerprint density at radius 2 is 1.85 bits per heavy atom. The number of sulfone groups is 1. The van der Waals surface area contributed by atoms with Gasteiger partial charge in [-0.05, 0) is 72.0 Å². The molecule has 2 aliphatic rings. The van der Waals surface area contributed by atoms with E-state index in [4.69, 9.17) is 0 Å². The van der Waals surface area contributed by atoms with Gasteiger partial charge in [-0.2, -0.15) is 0 Å². The summed E-state index contributed by atoms with van der Waals surface area (Å²) in [4.78, 5) is 26.3. The molecule has 1 fully saturated rings. The van der Waals surface area contributed by atoms with Gasteiger partial charge in [0.1, 0.15) is 5.78 Å². The highest BCUT2D eigenvalue weighted by Gasteiger charge is 2.43. The van der Waals surface area contributed by atoms with E-state index in [0.717, 1.165) is 64.7 Å². The fraction of sp³-hybridized carbons (Fsp3) is 0.290. The summed E-state index contributed by atoms with van der Waals surface area (Å²) < 4.78 is 26.3. The maximum Gasteiger partial charge on any atom is 0.184 e. The number of Topliss-reactive ketones (excluding diaryl/α,β-unsaturated/α-hetero) is 1. The van der Waals surface area contributed by atoms with Gasteiger partial charge in [0.2, 0.25) is 0 Å². The van der Waals surface area contributed by atoms with Crippen molar-refractivity contribution in [1.29, 1.82) is 0 Å². The van der Waals surface area contributed by atoms with Crippen LogP contribution in [0.5, 0.6) is 0 Å². The average Bonchev–Trinajstić information content (AvgIpc) is 3.76. The van der Waals surface area contributed by atoms with Crippen molar-refractivity contribution in [2.24, 2.45) is 5.92 Å². The third-order valence-corrected chi connectivity index (χ3v) is 9.36. The van der Waals surface area contributed by atoms with E-state index >= 15 is 0 Å². The van der Waals surface area contributed by atoms with Crippen LogP contribution in [0, 0.1) is 12.8 Å². The van der Waals surface area contributed by atoms with E-state index in [1.54, 1.807) is 18.3 Å². The number of hydrogen-bond acceptors (Lipinski definition) is 7. The average molecular weight is 539 g/mol. The standard InChI is InChI=1S/C31H30N4O3S/c1-20-15-33-16-24-3-2-21(12-27(20)24)13-31(36)29-14-28(29)22-4-6-26(7-5-22)39(37,38)19-25-17-34-18-30(35-25)23-8-10-32-11-9-23/h2-8,12,15-18,28-29,32H,9-11,13-14,19H2,1H3/t28-,29+/m0/s1. The minimum absolute atomic E-state index is 0.0241. The van der Waals surface area contributed by atoms with Gasteiger partial charge in [0, 0.05) is 42.9 Å². The first-order valence-corrected chi connectivity index (χ1v) is 14.9. The number of carbonyl (C=O) groups excluding carboxylic acids is 1. The van der Waals surface area contributed by atoms with Crippen LogP contribution in [0.3, 0.4) is 0 Å². The van der Waals surface area contributed by atoms with Crippen molar-refractivity contribution in [3.63, 3.8) is 0 Å². The summed E-state index contributed by atoms with van der Waals surface area (Å²) in [5, 5.41) is 5.46. The zero-order valence-electron chi connectivity index (χ0n) is 21.8. The SMILES string of the molecule is Cc1cncc2ccc(CC(=O)[C@@H]3C[C@H]3c3ccc(S(=O)(=O)Cc4cncc(C5=CCNCC5)n4)cc3)cc12. The Hall–Kier alpha value is -3.75. The van der Waals surface area contributed by atoms with Crippen molar-refractivity contribution in [2.75, 3.05) is 13.1 Å². The Bertz CT molecular complexity index is 1700. The molecule has 1 N–H and O–H groups in total. The van der Waals surface area contributed by atoms with Crippen LogP contribution < -0.4 is 5.32 Å². The largest absolute Gasteiger partial charge is 0.313 e. The van der Waals surface area contributed by atoms with Crippen LogP contribution >= 0.6 is 0 Å². The number of ketones is 1. The van der Waals surface area contributed by atoms with Crippen LogP contribution in [0.4, 0.5) is 0 Å². The van der Waals surface area contributed by atoms with Gasteiger partial charge >= 0.3 is 0 Å². The van der Waals surface area contributed by atoms with E-state index in [0.29, 0.717) is 12.1 Å². The first kappa shape index (κ1) is 25.5. The summed E-state index contributed by atoms with van der Waals surface area (Å²) in [6, 6.07) is 13.1. The molecule has 3 heterocycles.